The molecule has 0 aromatic rings. The first-order valence-electron chi connectivity index (χ1n) is 2.83. The summed E-state index contributed by atoms with van der Waals surface area (Å²) in [5.74, 6) is 0. The van der Waals surface area contributed by atoms with Crippen molar-refractivity contribution in [2.24, 2.45) is 0 Å². The fraction of sp³-hybridized carbons (Fsp3) is 1.00. The second-order valence-electron chi connectivity index (χ2n) is 1.41. The molecule has 0 N–H and O–H groups in total. The van der Waals surface area contributed by atoms with Gasteiger partial charge in [0.25, 0.3) is 0 Å². The zero-order valence-corrected chi connectivity index (χ0v) is 11.9. The Balaban J connectivity index is -0.0000000160. The van der Waals surface area contributed by atoms with Crippen molar-refractivity contribution in [1.29, 1.82) is 0 Å². The molecule has 0 fully saturated rings. The van der Waals surface area contributed by atoms with Gasteiger partial charge in [0.1, 0.15) is 0 Å². The first-order chi connectivity index (χ1) is 2.83. The molecule has 0 amide bonds. The van der Waals surface area contributed by atoms with Gasteiger partial charge >= 0.3 is 0 Å². The Kier molecular flexibility index (Phi) is 125. The third kappa shape index (κ3) is 247. The summed E-state index contributed by atoms with van der Waals surface area (Å²) in [7, 11) is 2.74. The standard InChI is InChI=1S/2C2H8Si.2ClH/c2*1-2-3;;/h2*2H2,1,3H3;2*1H. The Bertz CT molecular complexity index is 14.0. The van der Waals surface area contributed by atoms with Crippen molar-refractivity contribution >= 4 is 45.3 Å². The Morgan fingerprint density at radius 3 is 0.875 bits per heavy atom. The molecule has 0 rings (SSSR count). The number of rotatable bonds is 0. The van der Waals surface area contributed by atoms with Gasteiger partial charge in [0.2, 0.25) is 0 Å². The van der Waals surface area contributed by atoms with Crippen molar-refractivity contribution in [3.05, 3.63) is 0 Å². The van der Waals surface area contributed by atoms with E-state index in [4.69, 9.17) is 0 Å². The molecule has 0 atom stereocenters. The largest absolute Gasteiger partial charge is 0.147 e. The number of hydrogen-bond donors (Lipinski definition) is 0. The molecule has 0 aliphatic carbocycles. The maximum Gasteiger partial charge on any atom is 0.00244 e. The monoisotopic (exact) mass is 192 g/mol. The van der Waals surface area contributed by atoms with E-state index in [-0.39, 0.29) is 24.8 Å². The van der Waals surface area contributed by atoms with Gasteiger partial charge in [-0.15, -0.1) is 24.8 Å². The van der Waals surface area contributed by atoms with Crippen LogP contribution in [-0.2, 0) is 0 Å². The van der Waals surface area contributed by atoms with Gasteiger partial charge < -0.3 is 0 Å². The lowest BCUT2D eigenvalue weighted by Crippen LogP contribution is -1.41. The number of halogens is 2. The highest BCUT2D eigenvalue weighted by atomic mass is 35.5. The van der Waals surface area contributed by atoms with Crippen LogP contribution in [0, 0.1) is 0 Å². The van der Waals surface area contributed by atoms with Gasteiger partial charge in [0, 0.05) is 20.5 Å². The first-order valence-corrected chi connectivity index (χ1v) is 5.66. The fourth-order valence-corrected chi connectivity index (χ4v) is 0. The maximum atomic E-state index is 2.19. The van der Waals surface area contributed by atoms with Crippen LogP contribution in [0.4, 0.5) is 0 Å². The quantitative estimate of drug-likeness (QED) is 0.489. The molecule has 0 aliphatic rings. The molecule has 0 spiro atoms. The van der Waals surface area contributed by atoms with E-state index in [2.05, 4.69) is 13.8 Å². The van der Waals surface area contributed by atoms with Crippen molar-refractivity contribution in [1.82, 2.24) is 0 Å². The van der Waals surface area contributed by atoms with Crippen molar-refractivity contribution in [2.75, 3.05) is 0 Å². The maximum absolute atomic E-state index is 2.19. The fourth-order valence-electron chi connectivity index (χ4n) is 0. The summed E-state index contributed by atoms with van der Waals surface area (Å²) in [4.78, 5) is 0. The van der Waals surface area contributed by atoms with E-state index in [9.17, 15) is 0 Å². The van der Waals surface area contributed by atoms with Gasteiger partial charge in [0.05, 0.1) is 0 Å². The van der Waals surface area contributed by atoms with Gasteiger partial charge in [-0.25, -0.2) is 0 Å². The second-order valence-corrected chi connectivity index (χ2v) is 4.24. The van der Waals surface area contributed by atoms with Crippen LogP contribution < -0.4 is 0 Å². The molecule has 0 unspecified atom stereocenters. The van der Waals surface area contributed by atoms with Gasteiger partial charge in [-0.3, -0.25) is 0 Å². The lowest BCUT2D eigenvalue weighted by atomic mass is 11.0. The Labute approximate surface area is 71.5 Å². The Morgan fingerprint density at radius 2 is 0.875 bits per heavy atom. The van der Waals surface area contributed by atoms with E-state index in [0.717, 1.165) is 0 Å². The zero-order valence-electron chi connectivity index (χ0n) is 6.23. The highest BCUT2D eigenvalue weighted by Gasteiger charge is 1.37. The molecule has 0 aromatic carbocycles. The molecule has 0 aromatic heterocycles. The second kappa shape index (κ2) is 43.4. The van der Waals surface area contributed by atoms with E-state index < -0.39 is 0 Å². The molecule has 4 heteroatoms. The average molecular weight is 193 g/mol. The molecule has 0 radical (unpaired) electrons. The van der Waals surface area contributed by atoms with E-state index in [1.54, 1.807) is 0 Å². The highest BCUT2D eigenvalue weighted by Crippen LogP contribution is 1.49. The van der Waals surface area contributed by atoms with E-state index >= 15 is 0 Å². The predicted molar refractivity (Wildman–Crippen MR) is 55.3 cm³/mol. The molecule has 0 saturated heterocycles. The van der Waals surface area contributed by atoms with Crippen LogP contribution in [0.25, 0.3) is 0 Å². The first kappa shape index (κ1) is 23.0. The van der Waals surface area contributed by atoms with Crippen molar-refractivity contribution in [3.8, 4) is 0 Å². The third-order valence-electron chi connectivity index (χ3n) is 0. The Morgan fingerprint density at radius 1 is 0.875 bits per heavy atom. The smallest absolute Gasteiger partial charge is 0.00244 e. The van der Waals surface area contributed by atoms with Gasteiger partial charge in [0.15, 0.2) is 0 Å². The molecule has 0 saturated carbocycles. The summed E-state index contributed by atoms with van der Waals surface area (Å²) >= 11 is 0. The molecule has 8 heavy (non-hydrogen) atoms. The van der Waals surface area contributed by atoms with Gasteiger partial charge in [-0.1, -0.05) is 25.9 Å². The van der Waals surface area contributed by atoms with Crippen LogP contribution in [-0.4, -0.2) is 20.5 Å². The molecule has 0 nitrogen and oxygen atoms in total. The molecule has 0 bridgehead atoms. The zero-order chi connectivity index (χ0) is 5.41. The average Bonchev–Trinajstić information content (AvgIpc) is 1.39. The minimum absolute atomic E-state index is 0. The summed E-state index contributed by atoms with van der Waals surface area (Å²) in [6, 6.07) is 2.78. The van der Waals surface area contributed by atoms with Crippen LogP contribution in [0.5, 0.6) is 0 Å². The van der Waals surface area contributed by atoms with Crippen molar-refractivity contribution in [3.63, 3.8) is 0 Å². The summed E-state index contributed by atoms with van der Waals surface area (Å²) in [6.07, 6.45) is 0. The molecule has 0 heterocycles. The van der Waals surface area contributed by atoms with Crippen LogP contribution in [0.3, 0.4) is 0 Å². The van der Waals surface area contributed by atoms with E-state index in [1.807, 2.05) is 0 Å². The molecule has 0 aliphatic heterocycles. The third-order valence-corrected chi connectivity index (χ3v) is 0. The lowest BCUT2D eigenvalue weighted by Gasteiger charge is -1.47. The van der Waals surface area contributed by atoms with E-state index in [1.165, 1.54) is 32.6 Å². The van der Waals surface area contributed by atoms with Crippen molar-refractivity contribution in [2.45, 2.75) is 25.9 Å². The summed E-state index contributed by atoms with van der Waals surface area (Å²) in [5, 5.41) is 0. The topological polar surface area (TPSA) is 0 Å². The van der Waals surface area contributed by atoms with Gasteiger partial charge in [-0.2, -0.15) is 0 Å². The normalized spacial score (nSPS) is 5.25. The molecule has 56 valence electrons. The Hall–Kier alpha value is 1.01. The van der Waals surface area contributed by atoms with Crippen LogP contribution in [0.15, 0.2) is 0 Å². The summed E-state index contributed by atoms with van der Waals surface area (Å²) in [5.41, 5.74) is 0. The van der Waals surface area contributed by atoms with Gasteiger partial charge in [-0.05, 0) is 0 Å². The van der Waals surface area contributed by atoms with Crippen molar-refractivity contribution < 1.29 is 0 Å². The van der Waals surface area contributed by atoms with Crippen LogP contribution >= 0.6 is 24.8 Å². The minimum Gasteiger partial charge on any atom is -0.147 e. The predicted octanol–water partition coefficient (Wildman–Crippen LogP) is 0.424. The summed E-state index contributed by atoms with van der Waals surface area (Å²) < 4.78 is 0. The minimum atomic E-state index is 0. The SMILES string of the molecule is CC[SiH3].CC[SiH3].Cl.Cl. The van der Waals surface area contributed by atoms with Crippen LogP contribution in [0.2, 0.25) is 12.1 Å². The highest BCUT2D eigenvalue weighted by molar-refractivity contribution is 6.08. The molecular formula is C4H18Cl2Si2. The lowest BCUT2D eigenvalue weighted by molar-refractivity contribution is 1.48. The van der Waals surface area contributed by atoms with Crippen LogP contribution in [0.1, 0.15) is 13.8 Å². The summed E-state index contributed by atoms with van der Waals surface area (Å²) in [6.45, 7) is 4.37. The van der Waals surface area contributed by atoms with E-state index in [0.29, 0.717) is 0 Å². The number of hydrogen-bond acceptors (Lipinski definition) is 0. The molecular weight excluding hydrogens is 175 g/mol.